The molecule has 0 aromatic carbocycles. The zero-order valence-electron chi connectivity index (χ0n) is 7.51. The highest BCUT2D eigenvalue weighted by molar-refractivity contribution is 5.70. The Balaban J connectivity index is 2.48. The SMILES string of the molecule is Nc1cc(-c2cccnc2)cnc1N. The molecule has 4 N–H and O–H groups in total. The maximum atomic E-state index is 5.65. The van der Waals surface area contributed by atoms with Gasteiger partial charge in [0.05, 0.1) is 5.69 Å². The number of nitrogens with two attached hydrogens (primary N) is 2. The number of nitrogen functional groups attached to an aromatic ring is 2. The zero-order valence-corrected chi connectivity index (χ0v) is 7.51. The predicted octanol–water partition coefficient (Wildman–Crippen LogP) is 1.31. The van der Waals surface area contributed by atoms with Gasteiger partial charge in [-0.25, -0.2) is 4.98 Å². The predicted molar refractivity (Wildman–Crippen MR) is 56.3 cm³/mol. The van der Waals surface area contributed by atoms with Crippen LogP contribution in [0.4, 0.5) is 11.5 Å². The third kappa shape index (κ3) is 1.50. The van der Waals surface area contributed by atoms with E-state index in [9.17, 15) is 0 Å². The van der Waals surface area contributed by atoms with Gasteiger partial charge in [-0.3, -0.25) is 4.98 Å². The molecule has 0 amide bonds. The Morgan fingerprint density at radius 3 is 2.57 bits per heavy atom. The van der Waals surface area contributed by atoms with Crippen molar-refractivity contribution in [3.8, 4) is 11.1 Å². The molecule has 2 rings (SSSR count). The minimum atomic E-state index is 0.359. The first-order valence-electron chi connectivity index (χ1n) is 4.19. The lowest BCUT2D eigenvalue weighted by molar-refractivity contribution is 1.30. The fraction of sp³-hybridized carbons (Fsp3) is 0. The molecular weight excluding hydrogens is 176 g/mol. The molecule has 2 aromatic heterocycles. The number of pyridine rings is 2. The van der Waals surface area contributed by atoms with E-state index in [0.717, 1.165) is 11.1 Å². The molecule has 4 nitrogen and oxygen atoms in total. The quantitative estimate of drug-likeness (QED) is 0.703. The molecular formula is C10H10N4. The maximum Gasteiger partial charge on any atom is 0.146 e. The van der Waals surface area contributed by atoms with Gasteiger partial charge in [-0.2, -0.15) is 0 Å². The van der Waals surface area contributed by atoms with Crippen molar-refractivity contribution in [2.24, 2.45) is 0 Å². The van der Waals surface area contributed by atoms with Gasteiger partial charge in [-0.15, -0.1) is 0 Å². The van der Waals surface area contributed by atoms with Crippen molar-refractivity contribution in [1.29, 1.82) is 0 Å². The molecule has 2 heterocycles. The van der Waals surface area contributed by atoms with Crippen LogP contribution in [0.2, 0.25) is 0 Å². The van der Waals surface area contributed by atoms with Crippen LogP contribution < -0.4 is 11.5 Å². The van der Waals surface area contributed by atoms with Gasteiger partial charge in [0.15, 0.2) is 0 Å². The number of anilines is 2. The first-order chi connectivity index (χ1) is 6.77. The standard InChI is InChI=1S/C10H10N4/c11-9-4-8(6-14-10(9)12)7-2-1-3-13-5-7/h1-6H,11H2,(H2,12,14). The molecule has 0 unspecified atom stereocenters. The fourth-order valence-corrected chi connectivity index (χ4v) is 1.18. The summed E-state index contributed by atoms with van der Waals surface area (Å²) < 4.78 is 0. The van der Waals surface area contributed by atoms with Crippen molar-refractivity contribution in [1.82, 2.24) is 9.97 Å². The zero-order chi connectivity index (χ0) is 9.97. The minimum absolute atomic E-state index is 0.359. The third-order valence-electron chi connectivity index (χ3n) is 1.94. The van der Waals surface area contributed by atoms with Gasteiger partial charge in [0, 0.05) is 29.7 Å². The maximum absolute atomic E-state index is 5.65. The Morgan fingerprint density at radius 1 is 1.07 bits per heavy atom. The second-order valence-corrected chi connectivity index (χ2v) is 2.94. The molecule has 0 fully saturated rings. The molecule has 70 valence electrons. The summed E-state index contributed by atoms with van der Waals surface area (Å²) in [4.78, 5) is 7.99. The summed E-state index contributed by atoms with van der Waals surface area (Å²) >= 11 is 0. The van der Waals surface area contributed by atoms with E-state index in [2.05, 4.69) is 9.97 Å². The summed E-state index contributed by atoms with van der Waals surface area (Å²) in [5.41, 5.74) is 13.6. The normalized spacial score (nSPS) is 10.0. The van der Waals surface area contributed by atoms with Crippen molar-refractivity contribution in [3.05, 3.63) is 36.8 Å². The summed E-state index contributed by atoms with van der Waals surface area (Å²) in [7, 11) is 0. The molecule has 0 aliphatic heterocycles. The summed E-state index contributed by atoms with van der Waals surface area (Å²) in [6.45, 7) is 0. The van der Waals surface area contributed by atoms with E-state index in [0.29, 0.717) is 11.5 Å². The number of nitrogens with zero attached hydrogens (tertiary/aromatic N) is 2. The molecule has 0 bridgehead atoms. The first-order valence-corrected chi connectivity index (χ1v) is 4.19. The Morgan fingerprint density at radius 2 is 1.93 bits per heavy atom. The Kier molecular flexibility index (Phi) is 2.02. The molecule has 0 spiro atoms. The van der Waals surface area contributed by atoms with Crippen molar-refractivity contribution in [2.75, 3.05) is 11.5 Å². The number of hydrogen-bond acceptors (Lipinski definition) is 4. The van der Waals surface area contributed by atoms with Crippen molar-refractivity contribution in [2.45, 2.75) is 0 Å². The van der Waals surface area contributed by atoms with E-state index in [1.807, 2.05) is 12.1 Å². The van der Waals surface area contributed by atoms with Gasteiger partial charge in [0.2, 0.25) is 0 Å². The van der Waals surface area contributed by atoms with Crippen LogP contribution in [0.5, 0.6) is 0 Å². The largest absolute Gasteiger partial charge is 0.396 e. The molecule has 2 aromatic rings. The van der Waals surface area contributed by atoms with Crippen LogP contribution >= 0.6 is 0 Å². The van der Waals surface area contributed by atoms with Crippen molar-refractivity contribution in [3.63, 3.8) is 0 Å². The molecule has 0 saturated heterocycles. The lowest BCUT2D eigenvalue weighted by Crippen LogP contribution is -1.97. The average molecular weight is 186 g/mol. The Bertz CT molecular complexity index is 439. The minimum Gasteiger partial charge on any atom is -0.396 e. The van der Waals surface area contributed by atoms with E-state index in [4.69, 9.17) is 11.5 Å². The van der Waals surface area contributed by atoms with Crippen LogP contribution in [0.1, 0.15) is 0 Å². The number of rotatable bonds is 1. The summed E-state index contributed by atoms with van der Waals surface area (Å²) in [6.07, 6.45) is 5.16. The highest BCUT2D eigenvalue weighted by atomic mass is 14.9. The molecule has 14 heavy (non-hydrogen) atoms. The first kappa shape index (κ1) is 8.50. The van der Waals surface area contributed by atoms with Crippen LogP contribution in [-0.2, 0) is 0 Å². The number of hydrogen-bond donors (Lipinski definition) is 2. The molecule has 0 aliphatic carbocycles. The van der Waals surface area contributed by atoms with Gasteiger partial charge in [-0.05, 0) is 12.1 Å². The number of aromatic nitrogens is 2. The lowest BCUT2D eigenvalue weighted by atomic mass is 10.1. The molecule has 0 radical (unpaired) electrons. The molecule has 0 saturated carbocycles. The topological polar surface area (TPSA) is 77.8 Å². The molecule has 0 atom stereocenters. The van der Waals surface area contributed by atoms with Gasteiger partial charge in [0.1, 0.15) is 5.82 Å². The van der Waals surface area contributed by atoms with Crippen LogP contribution in [0.25, 0.3) is 11.1 Å². The van der Waals surface area contributed by atoms with E-state index >= 15 is 0 Å². The Hall–Kier alpha value is -2.10. The monoisotopic (exact) mass is 186 g/mol. The highest BCUT2D eigenvalue weighted by Crippen LogP contribution is 2.21. The van der Waals surface area contributed by atoms with E-state index in [1.54, 1.807) is 24.7 Å². The Labute approximate surface area is 81.6 Å². The lowest BCUT2D eigenvalue weighted by Gasteiger charge is -2.03. The van der Waals surface area contributed by atoms with E-state index in [-0.39, 0.29) is 0 Å². The van der Waals surface area contributed by atoms with Crippen LogP contribution in [0, 0.1) is 0 Å². The van der Waals surface area contributed by atoms with Crippen LogP contribution in [-0.4, -0.2) is 9.97 Å². The summed E-state index contributed by atoms with van der Waals surface area (Å²) in [5, 5.41) is 0. The summed E-state index contributed by atoms with van der Waals surface area (Å²) in [6, 6.07) is 5.60. The van der Waals surface area contributed by atoms with Gasteiger partial charge >= 0.3 is 0 Å². The second kappa shape index (κ2) is 3.33. The fourth-order valence-electron chi connectivity index (χ4n) is 1.18. The van der Waals surface area contributed by atoms with Gasteiger partial charge < -0.3 is 11.5 Å². The van der Waals surface area contributed by atoms with Gasteiger partial charge in [-0.1, -0.05) is 6.07 Å². The third-order valence-corrected chi connectivity index (χ3v) is 1.94. The average Bonchev–Trinajstić information content (AvgIpc) is 2.23. The summed E-state index contributed by atoms with van der Waals surface area (Å²) in [5.74, 6) is 0.359. The van der Waals surface area contributed by atoms with Crippen LogP contribution in [0.15, 0.2) is 36.8 Å². The van der Waals surface area contributed by atoms with Crippen molar-refractivity contribution >= 4 is 11.5 Å². The molecule has 4 heteroatoms. The van der Waals surface area contributed by atoms with E-state index in [1.165, 1.54) is 0 Å². The molecule has 0 aliphatic rings. The second-order valence-electron chi connectivity index (χ2n) is 2.94. The van der Waals surface area contributed by atoms with Gasteiger partial charge in [0.25, 0.3) is 0 Å². The smallest absolute Gasteiger partial charge is 0.146 e. The van der Waals surface area contributed by atoms with Crippen molar-refractivity contribution < 1.29 is 0 Å². The van der Waals surface area contributed by atoms with E-state index < -0.39 is 0 Å². The van der Waals surface area contributed by atoms with Crippen LogP contribution in [0.3, 0.4) is 0 Å². The highest BCUT2D eigenvalue weighted by Gasteiger charge is 2.00.